The van der Waals surface area contributed by atoms with Gasteiger partial charge in [-0.1, -0.05) is 24.6 Å². The van der Waals surface area contributed by atoms with Crippen LogP contribution in [0.15, 0.2) is 47.4 Å². The molecule has 0 atom stereocenters. The minimum Gasteiger partial charge on any atom is -0.296 e. The highest BCUT2D eigenvalue weighted by Gasteiger charge is 2.13. The first-order chi connectivity index (χ1) is 11.8. The molecule has 120 valence electrons. The smallest absolute Gasteiger partial charge is 0.261 e. The molecule has 2 aromatic heterocycles. The summed E-state index contributed by atoms with van der Waals surface area (Å²) in [7, 11) is 0. The van der Waals surface area contributed by atoms with E-state index in [9.17, 15) is 4.79 Å². The number of rotatable bonds is 2. The van der Waals surface area contributed by atoms with E-state index in [4.69, 9.17) is 4.98 Å². The molecule has 0 fully saturated rings. The summed E-state index contributed by atoms with van der Waals surface area (Å²) in [6.07, 6.45) is 9.97. The second kappa shape index (κ2) is 6.40. The van der Waals surface area contributed by atoms with E-state index in [0.717, 1.165) is 54.8 Å². The van der Waals surface area contributed by atoms with E-state index < -0.39 is 0 Å². The van der Waals surface area contributed by atoms with Crippen LogP contribution in [0.25, 0.3) is 23.1 Å². The topological polar surface area (TPSA) is 47.8 Å². The molecule has 0 unspecified atom stereocenters. The summed E-state index contributed by atoms with van der Waals surface area (Å²) in [4.78, 5) is 21.8. The first-order valence-electron chi connectivity index (χ1n) is 8.44. The van der Waals surface area contributed by atoms with Crippen LogP contribution in [0.4, 0.5) is 0 Å². The molecule has 0 saturated heterocycles. The Hall–Kier alpha value is -2.75. The number of hydrogen-bond acceptors (Lipinski definition) is 3. The fraction of sp³-hybridized carbons (Fsp3) is 0.250. The van der Waals surface area contributed by atoms with Crippen molar-refractivity contribution < 1.29 is 0 Å². The zero-order valence-corrected chi connectivity index (χ0v) is 13.5. The van der Waals surface area contributed by atoms with Gasteiger partial charge in [-0.15, -0.1) is 0 Å². The molecule has 0 N–H and O–H groups in total. The van der Waals surface area contributed by atoms with Crippen LogP contribution in [0.5, 0.6) is 0 Å². The number of aryl methyl sites for hydroxylation is 1. The SMILES string of the molecule is O=c1c2ccc(/C=C/c3ccccn3)cc2nc2n1CCCCC2. The molecule has 1 aliphatic rings. The quantitative estimate of drug-likeness (QED) is 0.724. The maximum absolute atomic E-state index is 12.7. The fourth-order valence-corrected chi connectivity index (χ4v) is 3.20. The van der Waals surface area contributed by atoms with Gasteiger partial charge in [0.1, 0.15) is 5.82 Å². The first kappa shape index (κ1) is 14.8. The van der Waals surface area contributed by atoms with Crippen molar-refractivity contribution in [1.82, 2.24) is 14.5 Å². The molecule has 0 amide bonds. The lowest BCUT2D eigenvalue weighted by molar-refractivity contribution is 0.614. The zero-order chi connectivity index (χ0) is 16.4. The van der Waals surface area contributed by atoms with Crippen molar-refractivity contribution in [3.63, 3.8) is 0 Å². The minimum absolute atomic E-state index is 0.0946. The average Bonchev–Trinajstić information content (AvgIpc) is 2.86. The molecule has 0 bridgehead atoms. The first-order valence-corrected chi connectivity index (χ1v) is 8.44. The predicted octanol–water partition coefficient (Wildman–Crippen LogP) is 3.69. The minimum atomic E-state index is 0.0946. The fourth-order valence-electron chi connectivity index (χ4n) is 3.20. The molecule has 0 aliphatic carbocycles. The summed E-state index contributed by atoms with van der Waals surface area (Å²) in [5.41, 5.74) is 2.82. The number of nitrogens with zero attached hydrogens (tertiary/aromatic N) is 3. The van der Waals surface area contributed by atoms with Crippen LogP contribution in [-0.4, -0.2) is 14.5 Å². The van der Waals surface area contributed by atoms with Crippen molar-refractivity contribution in [3.05, 3.63) is 70.0 Å². The van der Waals surface area contributed by atoms with Crippen LogP contribution in [-0.2, 0) is 13.0 Å². The second-order valence-electron chi connectivity index (χ2n) is 6.16. The third-order valence-electron chi connectivity index (χ3n) is 4.47. The number of hydrogen-bond donors (Lipinski definition) is 0. The van der Waals surface area contributed by atoms with E-state index in [2.05, 4.69) is 4.98 Å². The molecule has 1 aliphatic heterocycles. The Kier molecular flexibility index (Phi) is 3.95. The van der Waals surface area contributed by atoms with Gasteiger partial charge in [-0.3, -0.25) is 14.3 Å². The maximum Gasteiger partial charge on any atom is 0.261 e. The Morgan fingerprint density at radius 1 is 1.04 bits per heavy atom. The van der Waals surface area contributed by atoms with Gasteiger partial charge in [0, 0.05) is 19.2 Å². The molecule has 4 nitrogen and oxygen atoms in total. The lowest BCUT2D eigenvalue weighted by Gasteiger charge is -2.10. The Bertz CT molecular complexity index is 958. The maximum atomic E-state index is 12.7. The van der Waals surface area contributed by atoms with Gasteiger partial charge in [0.25, 0.3) is 5.56 Å². The summed E-state index contributed by atoms with van der Waals surface area (Å²) < 4.78 is 1.86. The Morgan fingerprint density at radius 2 is 2.00 bits per heavy atom. The molecule has 0 radical (unpaired) electrons. The van der Waals surface area contributed by atoms with Crippen LogP contribution >= 0.6 is 0 Å². The summed E-state index contributed by atoms with van der Waals surface area (Å²) in [5.74, 6) is 0.927. The number of fused-ring (bicyclic) bond motifs is 2. The molecular weight excluding hydrogens is 298 g/mol. The van der Waals surface area contributed by atoms with Gasteiger partial charge in [0.05, 0.1) is 16.6 Å². The normalized spacial score (nSPS) is 14.7. The second-order valence-corrected chi connectivity index (χ2v) is 6.16. The number of aromatic nitrogens is 3. The molecule has 1 aromatic carbocycles. The highest BCUT2D eigenvalue weighted by Crippen LogP contribution is 2.17. The zero-order valence-electron chi connectivity index (χ0n) is 13.5. The third kappa shape index (κ3) is 2.87. The van der Waals surface area contributed by atoms with Crippen molar-refractivity contribution in [2.45, 2.75) is 32.2 Å². The van der Waals surface area contributed by atoms with Gasteiger partial charge in [0.2, 0.25) is 0 Å². The van der Waals surface area contributed by atoms with E-state index in [1.807, 2.05) is 53.1 Å². The standard InChI is InChI=1S/C20H19N3O/c24-20-17-11-9-15(8-10-16-6-3-4-12-21-16)14-18(17)22-19-7-2-1-5-13-23(19)20/h3-4,6,8-12,14H,1-2,5,7,13H2/b10-8+. The van der Waals surface area contributed by atoms with Crippen LogP contribution in [0, 0.1) is 0 Å². The van der Waals surface area contributed by atoms with Crippen LogP contribution < -0.4 is 5.56 Å². The summed E-state index contributed by atoms with van der Waals surface area (Å²) >= 11 is 0. The molecule has 4 rings (SSSR count). The molecule has 0 spiro atoms. The molecule has 24 heavy (non-hydrogen) atoms. The summed E-state index contributed by atoms with van der Waals surface area (Å²) in [5, 5.41) is 0.704. The number of benzene rings is 1. The van der Waals surface area contributed by atoms with Gasteiger partial charge in [0.15, 0.2) is 0 Å². The Labute approximate surface area is 140 Å². The highest BCUT2D eigenvalue weighted by atomic mass is 16.1. The van der Waals surface area contributed by atoms with Gasteiger partial charge >= 0.3 is 0 Å². The van der Waals surface area contributed by atoms with Crippen molar-refractivity contribution >= 4 is 23.1 Å². The van der Waals surface area contributed by atoms with Crippen molar-refractivity contribution in [3.8, 4) is 0 Å². The van der Waals surface area contributed by atoms with Gasteiger partial charge in [-0.2, -0.15) is 0 Å². The van der Waals surface area contributed by atoms with Crippen molar-refractivity contribution in [2.75, 3.05) is 0 Å². The Balaban J connectivity index is 1.75. The summed E-state index contributed by atoms with van der Waals surface area (Å²) in [6, 6.07) is 11.7. The average molecular weight is 317 g/mol. The van der Waals surface area contributed by atoms with Crippen LogP contribution in [0.3, 0.4) is 0 Å². The van der Waals surface area contributed by atoms with E-state index in [-0.39, 0.29) is 5.56 Å². The van der Waals surface area contributed by atoms with E-state index in [1.165, 1.54) is 0 Å². The van der Waals surface area contributed by atoms with Gasteiger partial charge in [-0.05, 0) is 48.7 Å². The van der Waals surface area contributed by atoms with Gasteiger partial charge < -0.3 is 0 Å². The van der Waals surface area contributed by atoms with Crippen LogP contribution in [0.2, 0.25) is 0 Å². The summed E-state index contributed by atoms with van der Waals surface area (Å²) in [6.45, 7) is 0.790. The lowest BCUT2D eigenvalue weighted by atomic mass is 10.1. The lowest BCUT2D eigenvalue weighted by Crippen LogP contribution is -2.24. The monoisotopic (exact) mass is 317 g/mol. The predicted molar refractivity (Wildman–Crippen MR) is 96.7 cm³/mol. The molecule has 3 aromatic rings. The van der Waals surface area contributed by atoms with E-state index >= 15 is 0 Å². The largest absolute Gasteiger partial charge is 0.296 e. The molecule has 0 saturated carbocycles. The molecular formula is C20H19N3O. The van der Waals surface area contributed by atoms with Crippen LogP contribution in [0.1, 0.15) is 36.3 Å². The van der Waals surface area contributed by atoms with E-state index in [1.54, 1.807) is 6.20 Å². The third-order valence-corrected chi connectivity index (χ3v) is 4.47. The van der Waals surface area contributed by atoms with E-state index in [0.29, 0.717) is 5.39 Å². The Morgan fingerprint density at radius 3 is 2.88 bits per heavy atom. The number of pyridine rings is 1. The van der Waals surface area contributed by atoms with Gasteiger partial charge in [-0.25, -0.2) is 4.98 Å². The van der Waals surface area contributed by atoms with Crippen molar-refractivity contribution in [2.24, 2.45) is 0 Å². The molecule has 3 heterocycles. The van der Waals surface area contributed by atoms with Crippen molar-refractivity contribution in [1.29, 1.82) is 0 Å². The molecule has 4 heteroatoms. The highest BCUT2D eigenvalue weighted by molar-refractivity contribution is 5.82.